The SMILES string of the molecule is O=C1CNC(=O)C(CCCNC(=O)OCc2ccc(Cl)cc2)N1. The van der Waals surface area contributed by atoms with Crippen molar-refractivity contribution < 1.29 is 19.1 Å². The maximum Gasteiger partial charge on any atom is 0.407 e. The summed E-state index contributed by atoms with van der Waals surface area (Å²) in [5.74, 6) is -0.403. The van der Waals surface area contributed by atoms with Crippen molar-refractivity contribution in [3.05, 3.63) is 34.9 Å². The van der Waals surface area contributed by atoms with E-state index in [0.717, 1.165) is 5.56 Å². The quantitative estimate of drug-likeness (QED) is 0.673. The van der Waals surface area contributed by atoms with Gasteiger partial charge < -0.3 is 20.7 Å². The Labute approximate surface area is 138 Å². The van der Waals surface area contributed by atoms with Crippen molar-refractivity contribution >= 4 is 29.5 Å². The third-order valence-corrected chi connectivity index (χ3v) is 3.55. The lowest BCUT2D eigenvalue weighted by Crippen LogP contribution is -2.56. The Balaban J connectivity index is 1.60. The van der Waals surface area contributed by atoms with E-state index in [2.05, 4.69) is 16.0 Å². The summed E-state index contributed by atoms with van der Waals surface area (Å²) in [6.07, 6.45) is 0.473. The van der Waals surface area contributed by atoms with Crippen LogP contribution in [0.4, 0.5) is 4.79 Å². The monoisotopic (exact) mass is 339 g/mol. The van der Waals surface area contributed by atoms with Crippen molar-refractivity contribution in [1.29, 1.82) is 0 Å². The van der Waals surface area contributed by atoms with Gasteiger partial charge in [0.1, 0.15) is 12.6 Å². The number of halogens is 1. The van der Waals surface area contributed by atoms with Gasteiger partial charge in [0.15, 0.2) is 0 Å². The molecule has 8 heteroatoms. The molecule has 7 nitrogen and oxygen atoms in total. The molecule has 0 radical (unpaired) electrons. The first-order chi connectivity index (χ1) is 11.0. The number of hydrogen-bond donors (Lipinski definition) is 3. The largest absolute Gasteiger partial charge is 0.445 e. The molecule has 2 rings (SSSR count). The molecule has 1 heterocycles. The number of piperazine rings is 1. The maximum absolute atomic E-state index is 11.5. The highest BCUT2D eigenvalue weighted by molar-refractivity contribution is 6.30. The summed E-state index contributed by atoms with van der Waals surface area (Å²) in [5.41, 5.74) is 0.839. The molecule has 1 aromatic carbocycles. The van der Waals surface area contributed by atoms with Crippen molar-refractivity contribution in [1.82, 2.24) is 16.0 Å². The van der Waals surface area contributed by atoms with Gasteiger partial charge in [-0.25, -0.2) is 4.79 Å². The minimum absolute atomic E-state index is 0.0185. The summed E-state index contributed by atoms with van der Waals surface area (Å²) >= 11 is 5.77. The van der Waals surface area contributed by atoms with Crippen LogP contribution in [0.15, 0.2) is 24.3 Å². The average Bonchev–Trinajstić information content (AvgIpc) is 2.54. The Bertz CT molecular complexity index is 577. The molecule has 0 spiro atoms. The number of hydrogen-bond acceptors (Lipinski definition) is 4. The van der Waals surface area contributed by atoms with Crippen LogP contribution in [-0.2, 0) is 20.9 Å². The number of rotatable bonds is 6. The molecule has 23 heavy (non-hydrogen) atoms. The summed E-state index contributed by atoms with van der Waals surface area (Å²) in [6, 6.07) is 6.46. The Kier molecular flexibility index (Phi) is 6.22. The van der Waals surface area contributed by atoms with Gasteiger partial charge in [-0.3, -0.25) is 9.59 Å². The van der Waals surface area contributed by atoms with Gasteiger partial charge in [-0.15, -0.1) is 0 Å². The van der Waals surface area contributed by atoms with E-state index in [-0.39, 0.29) is 25.0 Å². The van der Waals surface area contributed by atoms with Crippen molar-refractivity contribution in [2.45, 2.75) is 25.5 Å². The number of carbonyl (C=O) groups excluding carboxylic acids is 3. The molecule has 1 aliphatic heterocycles. The first-order valence-electron chi connectivity index (χ1n) is 7.27. The molecule has 1 aliphatic rings. The van der Waals surface area contributed by atoms with Crippen LogP contribution in [0.25, 0.3) is 0 Å². The van der Waals surface area contributed by atoms with Crippen LogP contribution in [0.1, 0.15) is 18.4 Å². The highest BCUT2D eigenvalue weighted by Gasteiger charge is 2.25. The highest BCUT2D eigenvalue weighted by atomic mass is 35.5. The molecule has 0 aliphatic carbocycles. The van der Waals surface area contributed by atoms with E-state index in [4.69, 9.17) is 16.3 Å². The predicted octanol–water partition coefficient (Wildman–Crippen LogP) is 0.961. The summed E-state index contributed by atoms with van der Waals surface area (Å²) in [5, 5.41) is 8.32. The van der Waals surface area contributed by atoms with Gasteiger partial charge in [-0.1, -0.05) is 23.7 Å². The lowest BCUT2D eigenvalue weighted by Gasteiger charge is -2.22. The number of amides is 3. The van der Waals surface area contributed by atoms with Crippen LogP contribution in [0.2, 0.25) is 5.02 Å². The Morgan fingerprint density at radius 2 is 2.04 bits per heavy atom. The van der Waals surface area contributed by atoms with Gasteiger partial charge in [0.25, 0.3) is 0 Å². The van der Waals surface area contributed by atoms with E-state index in [1.807, 2.05) is 0 Å². The van der Waals surface area contributed by atoms with Crippen molar-refractivity contribution in [2.75, 3.05) is 13.1 Å². The van der Waals surface area contributed by atoms with Gasteiger partial charge in [0, 0.05) is 11.6 Å². The summed E-state index contributed by atoms with van der Waals surface area (Å²) in [4.78, 5) is 34.2. The lowest BCUT2D eigenvalue weighted by molar-refractivity contribution is -0.133. The minimum Gasteiger partial charge on any atom is -0.445 e. The Morgan fingerprint density at radius 3 is 2.78 bits per heavy atom. The van der Waals surface area contributed by atoms with Gasteiger partial charge in [-0.05, 0) is 30.5 Å². The van der Waals surface area contributed by atoms with Crippen LogP contribution < -0.4 is 16.0 Å². The maximum atomic E-state index is 11.5. The second kappa shape index (κ2) is 8.38. The van der Waals surface area contributed by atoms with E-state index in [1.54, 1.807) is 24.3 Å². The predicted molar refractivity (Wildman–Crippen MR) is 83.8 cm³/mol. The van der Waals surface area contributed by atoms with E-state index in [0.29, 0.717) is 24.4 Å². The van der Waals surface area contributed by atoms with E-state index in [1.165, 1.54) is 0 Å². The first-order valence-corrected chi connectivity index (χ1v) is 7.64. The number of nitrogens with one attached hydrogen (secondary N) is 3. The fourth-order valence-electron chi connectivity index (χ4n) is 2.08. The third-order valence-electron chi connectivity index (χ3n) is 3.30. The normalized spacial score (nSPS) is 17.2. The topological polar surface area (TPSA) is 96.5 Å². The average molecular weight is 340 g/mol. The molecule has 1 aromatic rings. The van der Waals surface area contributed by atoms with Crippen LogP contribution >= 0.6 is 11.6 Å². The number of benzene rings is 1. The van der Waals surface area contributed by atoms with Gasteiger partial charge >= 0.3 is 6.09 Å². The van der Waals surface area contributed by atoms with Crippen LogP contribution in [-0.4, -0.2) is 37.0 Å². The Hall–Kier alpha value is -2.28. The third kappa shape index (κ3) is 5.78. The smallest absolute Gasteiger partial charge is 0.407 e. The van der Waals surface area contributed by atoms with Gasteiger partial charge in [0.2, 0.25) is 11.8 Å². The summed E-state index contributed by atoms with van der Waals surface area (Å²) in [6.45, 7) is 0.536. The fraction of sp³-hybridized carbons (Fsp3) is 0.400. The van der Waals surface area contributed by atoms with Crippen molar-refractivity contribution in [2.24, 2.45) is 0 Å². The van der Waals surface area contributed by atoms with Crippen molar-refractivity contribution in [3.8, 4) is 0 Å². The van der Waals surface area contributed by atoms with Gasteiger partial charge in [-0.2, -0.15) is 0 Å². The molecule has 124 valence electrons. The van der Waals surface area contributed by atoms with Crippen molar-refractivity contribution in [3.63, 3.8) is 0 Å². The molecule has 1 unspecified atom stereocenters. The highest BCUT2D eigenvalue weighted by Crippen LogP contribution is 2.10. The lowest BCUT2D eigenvalue weighted by atomic mass is 10.1. The zero-order chi connectivity index (χ0) is 16.7. The first kappa shape index (κ1) is 17.1. The van der Waals surface area contributed by atoms with E-state index in [9.17, 15) is 14.4 Å². The Morgan fingerprint density at radius 1 is 1.30 bits per heavy atom. The standard InChI is InChI=1S/C15H18ClN3O4/c16-11-5-3-10(4-6-11)9-23-15(22)17-7-1-2-12-14(21)18-8-13(20)19-12/h3-6,12H,1-2,7-9H2,(H,17,22)(H,18,21)(H,19,20). The number of ether oxygens (including phenoxy) is 1. The van der Waals surface area contributed by atoms with Crippen LogP contribution in [0.3, 0.4) is 0 Å². The molecule has 1 saturated heterocycles. The van der Waals surface area contributed by atoms with E-state index >= 15 is 0 Å². The zero-order valence-electron chi connectivity index (χ0n) is 12.4. The molecule has 0 bridgehead atoms. The fourth-order valence-corrected chi connectivity index (χ4v) is 2.21. The molecule has 1 atom stereocenters. The molecule has 3 amide bonds. The molecular formula is C15H18ClN3O4. The number of alkyl carbamates (subject to hydrolysis) is 1. The minimum atomic E-state index is -0.539. The van der Waals surface area contributed by atoms with Gasteiger partial charge in [0.05, 0.1) is 6.54 Å². The molecular weight excluding hydrogens is 322 g/mol. The second-order valence-corrected chi connectivity index (χ2v) is 5.55. The van der Waals surface area contributed by atoms with Crippen LogP contribution in [0, 0.1) is 0 Å². The van der Waals surface area contributed by atoms with E-state index < -0.39 is 12.1 Å². The molecule has 1 fully saturated rings. The summed E-state index contributed by atoms with van der Waals surface area (Å²) in [7, 11) is 0. The number of carbonyl (C=O) groups is 3. The molecule has 0 aromatic heterocycles. The molecule has 3 N–H and O–H groups in total. The summed E-state index contributed by atoms with van der Waals surface area (Å²) < 4.78 is 5.06. The second-order valence-electron chi connectivity index (χ2n) is 5.11. The molecule has 0 saturated carbocycles. The van der Waals surface area contributed by atoms with Crippen LogP contribution in [0.5, 0.6) is 0 Å². The zero-order valence-corrected chi connectivity index (χ0v) is 13.2.